The first-order valence-corrected chi connectivity index (χ1v) is 8.39. The Balaban J connectivity index is 1.61. The monoisotopic (exact) mass is 322 g/mol. The van der Waals surface area contributed by atoms with Gasteiger partial charge in [-0.2, -0.15) is 0 Å². The molecular formula is C18H22N6. The van der Waals surface area contributed by atoms with E-state index in [-0.39, 0.29) is 0 Å². The summed E-state index contributed by atoms with van der Waals surface area (Å²) in [5.41, 5.74) is 2.38. The summed E-state index contributed by atoms with van der Waals surface area (Å²) in [6, 6.07) is 6.64. The minimum absolute atomic E-state index is 0.365. The minimum atomic E-state index is 0.365. The molecule has 1 saturated heterocycles. The molecule has 3 aromatic rings. The van der Waals surface area contributed by atoms with Gasteiger partial charge >= 0.3 is 0 Å². The van der Waals surface area contributed by atoms with E-state index in [1.54, 1.807) is 0 Å². The van der Waals surface area contributed by atoms with E-state index < -0.39 is 0 Å². The number of aryl methyl sites for hydroxylation is 2. The molecule has 4 rings (SSSR count). The van der Waals surface area contributed by atoms with Gasteiger partial charge in [0.15, 0.2) is 0 Å². The Bertz CT molecular complexity index is 833. The summed E-state index contributed by atoms with van der Waals surface area (Å²) in [6.45, 7) is 4.02. The number of imidazole rings is 2. The van der Waals surface area contributed by atoms with Crippen LogP contribution < -0.4 is 0 Å². The first kappa shape index (κ1) is 15.1. The number of nitrogens with zero attached hydrogens (tertiary/aromatic N) is 6. The molecule has 4 heterocycles. The Kier molecular flexibility index (Phi) is 3.90. The van der Waals surface area contributed by atoms with Crippen molar-refractivity contribution in [2.24, 2.45) is 7.05 Å². The zero-order chi connectivity index (χ0) is 16.5. The Morgan fingerprint density at radius 2 is 2.21 bits per heavy atom. The van der Waals surface area contributed by atoms with Crippen molar-refractivity contribution < 1.29 is 0 Å². The quantitative estimate of drug-likeness (QED) is 0.741. The Labute approximate surface area is 141 Å². The maximum Gasteiger partial charge on any atom is 0.138 e. The van der Waals surface area contributed by atoms with Gasteiger partial charge in [-0.3, -0.25) is 9.47 Å². The molecule has 0 bridgehead atoms. The average Bonchev–Trinajstić information content (AvgIpc) is 3.31. The molecule has 1 aliphatic rings. The average molecular weight is 322 g/mol. The number of pyridine rings is 1. The molecule has 0 aliphatic carbocycles. The van der Waals surface area contributed by atoms with Crippen molar-refractivity contribution in [1.82, 2.24) is 29.0 Å². The summed E-state index contributed by atoms with van der Waals surface area (Å²) in [5.74, 6) is 1.90. The molecular weight excluding hydrogens is 300 g/mol. The molecule has 1 aliphatic heterocycles. The van der Waals surface area contributed by atoms with E-state index in [0.717, 1.165) is 36.8 Å². The number of rotatable bonds is 4. The molecule has 6 heteroatoms. The fourth-order valence-electron chi connectivity index (χ4n) is 3.47. The van der Waals surface area contributed by atoms with Gasteiger partial charge in [-0.15, -0.1) is 0 Å². The Morgan fingerprint density at radius 1 is 1.29 bits per heavy atom. The van der Waals surface area contributed by atoms with Crippen molar-refractivity contribution in [2.75, 3.05) is 6.54 Å². The van der Waals surface area contributed by atoms with Crippen LogP contribution in [0, 0.1) is 6.92 Å². The highest BCUT2D eigenvalue weighted by molar-refractivity contribution is 5.28. The number of likely N-dealkylation sites (tertiary alicyclic amines) is 1. The summed E-state index contributed by atoms with van der Waals surface area (Å²) >= 11 is 0. The van der Waals surface area contributed by atoms with Crippen molar-refractivity contribution in [3.8, 4) is 5.82 Å². The van der Waals surface area contributed by atoms with Crippen LogP contribution in [0.4, 0.5) is 0 Å². The van der Waals surface area contributed by atoms with E-state index in [4.69, 9.17) is 4.98 Å². The van der Waals surface area contributed by atoms with Gasteiger partial charge in [0.2, 0.25) is 0 Å². The second kappa shape index (κ2) is 6.20. The SMILES string of the molecule is Cc1nccn1-c1cccc([C@@H]2CCCN2Cc2cncn2C)n1. The first-order chi connectivity index (χ1) is 11.7. The van der Waals surface area contributed by atoms with E-state index in [0.29, 0.717) is 6.04 Å². The first-order valence-electron chi connectivity index (χ1n) is 8.39. The lowest BCUT2D eigenvalue weighted by molar-refractivity contribution is 0.239. The number of aromatic nitrogens is 5. The van der Waals surface area contributed by atoms with Crippen LogP contribution in [0.15, 0.2) is 43.1 Å². The molecule has 0 N–H and O–H groups in total. The zero-order valence-corrected chi connectivity index (χ0v) is 14.1. The van der Waals surface area contributed by atoms with Crippen LogP contribution in [0.3, 0.4) is 0 Å². The molecule has 0 saturated carbocycles. The Hall–Kier alpha value is -2.47. The van der Waals surface area contributed by atoms with Gasteiger partial charge in [-0.1, -0.05) is 6.07 Å². The predicted molar refractivity (Wildman–Crippen MR) is 91.7 cm³/mol. The van der Waals surface area contributed by atoms with Crippen molar-refractivity contribution >= 4 is 0 Å². The van der Waals surface area contributed by atoms with Gasteiger partial charge in [0.1, 0.15) is 11.6 Å². The summed E-state index contributed by atoms with van der Waals surface area (Å²) < 4.78 is 4.12. The van der Waals surface area contributed by atoms with Crippen LogP contribution in [-0.4, -0.2) is 35.5 Å². The van der Waals surface area contributed by atoms with Crippen LogP contribution in [-0.2, 0) is 13.6 Å². The molecule has 0 aromatic carbocycles. The lowest BCUT2D eigenvalue weighted by atomic mass is 10.1. The van der Waals surface area contributed by atoms with Crippen molar-refractivity contribution in [1.29, 1.82) is 0 Å². The second-order valence-electron chi connectivity index (χ2n) is 6.39. The van der Waals surface area contributed by atoms with Gasteiger partial charge in [-0.25, -0.2) is 15.0 Å². The maximum atomic E-state index is 4.92. The van der Waals surface area contributed by atoms with E-state index >= 15 is 0 Å². The molecule has 124 valence electrons. The van der Waals surface area contributed by atoms with E-state index in [1.807, 2.05) is 49.5 Å². The fourth-order valence-corrected chi connectivity index (χ4v) is 3.47. The lowest BCUT2D eigenvalue weighted by Gasteiger charge is -2.24. The topological polar surface area (TPSA) is 51.8 Å². The van der Waals surface area contributed by atoms with Gasteiger partial charge in [0.25, 0.3) is 0 Å². The summed E-state index contributed by atoms with van der Waals surface area (Å²) in [6.07, 6.45) is 9.95. The summed E-state index contributed by atoms with van der Waals surface area (Å²) in [5, 5.41) is 0. The Morgan fingerprint density at radius 3 is 2.96 bits per heavy atom. The highest BCUT2D eigenvalue weighted by Crippen LogP contribution is 2.32. The number of hydrogen-bond acceptors (Lipinski definition) is 4. The third kappa shape index (κ3) is 2.73. The van der Waals surface area contributed by atoms with Gasteiger partial charge in [0, 0.05) is 32.2 Å². The van der Waals surface area contributed by atoms with Gasteiger partial charge < -0.3 is 4.57 Å². The van der Waals surface area contributed by atoms with Crippen molar-refractivity contribution in [3.63, 3.8) is 0 Å². The smallest absolute Gasteiger partial charge is 0.138 e. The van der Waals surface area contributed by atoms with Gasteiger partial charge in [0.05, 0.1) is 23.8 Å². The van der Waals surface area contributed by atoms with Crippen LogP contribution in [0.1, 0.15) is 36.1 Å². The normalized spacial score (nSPS) is 18.3. The molecule has 24 heavy (non-hydrogen) atoms. The van der Waals surface area contributed by atoms with Crippen LogP contribution in [0.2, 0.25) is 0 Å². The highest BCUT2D eigenvalue weighted by atomic mass is 15.2. The molecule has 1 fully saturated rings. The molecule has 0 amide bonds. The summed E-state index contributed by atoms with van der Waals surface area (Å²) in [4.78, 5) is 15.9. The largest absolute Gasteiger partial charge is 0.337 e. The van der Waals surface area contributed by atoms with Crippen LogP contribution in [0.25, 0.3) is 5.82 Å². The van der Waals surface area contributed by atoms with Gasteiger partial charge in [-0.05, 0) is 38.4 Å². The van der Waals surface area contributed by atoms with Crippen molar-refractivity contribution in [3.05, 3.63) is 60.3 Å². The third-order valence-corrected chi connectivity index (χ3v) is 4.82. The van der Waals surface area contributed by atoms with E-state index in [9.17, 15) is 0 Å². The fraction of sp³-hybridized carbons (Fsp3) is 0.389. The van der Waals surface area contributed by atoms with E-state index in [2.05, 4.69) is 31.6 Å². The molecule has 6 nitrogen and oxygen atoms in total. The standard InChI is InChI=1S/C18H22N6/c1-14-20-8-10-24(14)18-7-3-5-16(21-18)17-6-4-9-23(17)12-15-11-19-13-22(15)2/h3,5,7-8,10-11,13,17H,4,6,9,12H2,1-2H3/t17-/m0/s1. The molecule has 0 radical (unpaired) electrons. The summed E-state index contributed by atoms with van der Waals surface area (Å²) in [7, 11) is 2.05. The predicted octanol–water partition coefficient (Wildman–Crippen LogP) is 2.65. The van der Waals surface area contributed by atoms with E-state index in [1.165, 1.54) is 12.1 Å². The highest BCUT2D eigenvalue weighted by Gasteiger charge is 2.27. The minimum Gasteiger partial charge on any atom is -0.337 e. The van der Waals surface area contributed by atoms with Crippen LogP contribution in [0.5, 0.6) is 0 Å². The van der Waals surface area contributed by atoms with Crippen molar-refractivity contribution in [2.45, 2.75) is 32.4 Å². The molecule has 1 atom stereocenters. The van der Waals surface area contributed by atoms with Crippen LogP contribution >= 0.6 is 0 Å². The maximum absolute atomic E-state index is 4.92. The lowest BCUT2D eigenvalue weighted by Crippen LogP contribution is -2.24. The molecule has 0 unspecified atom stereocenters. The zero-order valence-electron chi connectivity index (χ0n) is 14.1. The molecule has 0 spiro atoms. The third-order valence-electron chi connectivity index (χ3n) is 4.82. The number of hydrogen-bond donors (Lipinski definition) is 0. The second-order valence-corrected chi connectivity index (χ2v) is 6.39. The molecule has 3 aromatic heterocycles.